The normalized spacial score (nSPS) is 21.3. The van der Waals surface area contributed by atoms with Gasteiger partial charge in [-0.3, -0.25) is 10.2 Å². The number of methoxy groups -OCH3 is 1. The summed E-state index contributed by atoms with van der Waals surface area (Å²) >= 11 is 0. The average molecular weight is 453 g/mol. The number of morpholine rings is 1. The molecule has 2 saturated heterocycles. The van der Waals surface area contributed by atoms with Gasteiger partial charge in [0.15, 0.2) is 0 Å². The summed E-state index contributed by atoms with van der Waals surface area (Å²) in [5, 5.41) is 4.86. The molecule has 2 aliphatic heterocycles. The van der Waals surface area contributed by atoms with Gasteiger partial charge in [-0.05, 0) is 31.0 Å². The number of piperidine rings is 1. The van der Waals surface area contributed by atoms with Crippen LogP contribution in [0.15, 0.2) is 48.5 Å². The molecule has 2 aromatic carbocycles. The quantitative estimate of drug-likeness (QED) is 0.729. The Morgan fingerprint density at radius 2 is 1.85 bits per heavy atom. The van der Waals surface area contributed by atoms with E-state index in [1.165, 1.54) is 5.56 Å². The second-order valence-electron chi connectivity index (χ2n) is 8.69. The van der Waals surface area contributed by atoms with E-state index in [4.69, 9.17) is 9.47 Å². The van der Waals surface area contributed by atoms with Crippen molar-refractivity contribution in [2.75, 3.05) is 51.8 Å². The molecule has 2 atom stereocenters. The van der Waals surface area contributed by atoms with Crippen molar-refractivity contribution in [3.05, 3.63) is 59.7 Å². The molecule has 2 fully saturated rings. The number of hydrogen-bond acceptors (Lipinski definition) is 5. The Bertz CT molecular complexity index is 976. The molecule has 0 radical (unpaired) electrons. The predicted molar refractivity (Wildman–Crippen MR) is 126 cm³/mol. The molecule has 0 bridgehead atoms. The number of hydrogen-bond donors (Lipinski definition) is 2. The standard InChI is InChI=1S/C25H32N4O4/c1-18-5-3-6-19(13-18)20-14-21(24(30)27-29-9-11-33-12-10-29)17-28(16-20)25(31)26-22-7-4-8-23(15-22)32-2/h3-8,13,15,20-21H,9-12,14,16-17H2,1-2H3,(H,26,31)(H,27,30). The van der Waals surface area contributed by atoms with E-state index in [1.807, 2.05) is 29.3 Å². The Labute approximate surface area is 194 Å². The van der Waals surface area contributed by atoms with Gasteiger partial charge < -0.3 is 19.7 Å². The maximum atomic E-state index is 13.2. The summed E-state index contributed by atoms with van der Waals surface area (Å²) in [6, 6.07) is 15.4. The van der Waals surface area contributed by atoms with Crippen molar-refractivity contribution in [1.82, 2.24) is 15.3 Å². The van der Waals surface area contributed by atoms with E-state index >= 15 is 0 Å². The van der Waals surface area contributed by atoms with Crippen LogP contribution in [-0.2, 0) is 9.53 Å². The molecular formula is C25H32N4O4. The maximum absolute atomic E-state index is 13.2. The van der Waals surface area contributed by atoms with E-state index in [1.54, 1.807) is 18.1 Å². The molecular weight excluding hydrogens is 420 g/mol. The number of carbonyl (C=O) groups is 2. The highest BCUT2D eigenvalue weighted by atomic mass is 16.5. The first-order valence-corrected chi connectivity index (χ1v) is 11.4. The first-order valence-electron chi connectivity index (χ1n) is 11.4. The Balaban J connectivity index is 1.50. The van der Waals surface area contributed by atoms with Crippen LogP contribution >= 0.6 is 0 Å². The van der Waals surface area contributed by atoms with Gasteiger partial charge in [0.1, 0.15) is 5.75 Å². The fourth-order valence-corrected chi connectivity index (χ4v) is 4.45. The van der Waals surface area contributed by atoms with Crippen LogP contribution in [0.3, 0.4) is 0 Å². The van der Waals surface area contributed by atoms with Crippen LogP contribution in [-0.4, -0.2) is 68.3 Å². The summed E-state index contributed by atoms with van der Waals surface area (Å²) in [7, 11) is 1.59. The first kappa shape index (κ1) is 23.1. The van der Waals surface area contributed by atoms with Crippen LogP contribution in [0, 0.1) is 12.8 Å². The molecule has 2 N–H and O–H groups in total. The van der Waals surface area contributed by atoms with Crippen LogP contribution in [0.5, 0.6) is 5.75 Å². The number of benzene rings is 2. The second-order valence-corrected chi connectivity index (χ2v) is 8.69. The van der Waals surface area contributed by atoms with Crippen molar-refractivity contribution in [2.24, 2.45) is 5.92 Å². The number of anilines is 1. The van der Waals surface area contributed by atoms with Crippen molar-refractivity contribution >= 4 is 17.6 Å². The van der Waals surface area contributed by atoms with E-state index in [2.05, 4.69) is 35.9 Å². The third-order valence-corrected chi connectivity index (χ3v) is 6.22. The summed E-state index contributed by atoms with van der Waals surface area (Å²) in [6.45, 7) is 5.52. The molecule has 2 unspecified atom stereocenters. The van der Waals surface area contributed by atoms with Crippen molar-refractivity contribution in [2.45, 2.75) is 19.3 Å². The molecule has 0 aliphatic carbocycles. The lowest BCUT2D eigenvalue weighted by atomic mass is 9.84. The van der Waals surface area contributed by atoms with Gasteiger partial charge in [-0.25, -0.2) is 9.80 Å². The number of nitrogens with one attached hydrogen (secondary N) is 2. The number of urea groups is 1. The van der Waals surface area contributed by atoms with Gasteiger partial charge >= 0.3 is 6.03 Å². The number of ether oxygens (including phenoxy) is 2. The Morgan fingerprint density at radius 1 is 1.06 bits per heavy atom. The Hall–Kier alpha value is -3.10. The second kappa shape index (κ2) is 10.7. The number of hydrazine groups is 1. The molecule has 33 heavy (non-hydrogen) atoms. The lowest BCUT2D eigenvalue weighted by molar-refractivity contribution is -0.133. The molecule has 0 spiro atoms. The summed E-state index contributed by atoms with van der Waals surface area (Å²) < 4.78 is 10.6. The highest BCUT2D eigenvalue weighted by Crippen LogP contribution is 2.31. The number of amides is 3. The number of nitrogens with zero attached hydrogens (tertiary/aromatic N) is 2. The zero-order valence-corrected chi connectivity index (χ0v) is 19.3. The van der Waals surface area contributed by atoms with Gasteiger partial charge in [0, 0.05) is 43.9 Å². The first-order chi connectivity index (χ1) is 16.0. The Morgan fingerprint density at radius 3 is 2.61 bits per heavy atom. The molecule has 176 valence electrons. The van der Waals surface area contributed by atoms with E-state index in [-0.39, 0.29) is 23.8 Å². The van der Waals surface area contributed by atoms with Crippen LogP contribution in [0.4, 0.5) is 10.5 Å². The minimum atomic E-state index is -0.303. The summed E-state index contributed by atoms with van der Waals surface area (Å²) in [4.78, 5) is 28.1. The van der Waals surface area contributed by atoms with Gasteiger partial charge in [-0.1, -0.05) is 35.9 Å². The molecule has 3 amide bonds. The topological polar surface area (TPSA) is 83.1 Å². The number of likely N-dealkylation sites (tertiary alicyclic amines) is 1. The van der Waals surface area contributed by atoms with Crippen molar-refractivity contribution in [3.8, 4) is 5.75 Å². The molecule has 2 aromatic rings. The van der Waals surface area contributed by atoms with E-state index < -0.39 is 0 Å². The maximum Gasteiger partial charge on any atom is 0.321 e. The van der Waals surface area contributed by atoms with Gasteiger partial charge in [-0.2, -0.15) is 0 Å². The molecule has 8 heteroatoms. The lowest BCUT2D eigenvalue weighted by Crippen LogP contribution is -2.54. The van der Waals surface area contributed by atoms with Crippen molar-refractivity contribution < 1.29 is 19.1 Å². The monoisotopic (exact) mass is 452 g/mol. The predicted octanol–water partition coefficient (Wildman–Crippen LogP) is 3.00. The molecule has 2 heterocycles. The van der Waals surface area contributed by atoms with Crippen LogP contribution in [0.2, 0.25) is 0 Å². The van der Waals surface area contributed by atoms with Crippen molar-refractivity contribution in [3.63, 3.8) is 0 Å². The van der Waals surface area contributed by atoms with E-state index in [0.29, 0.717) is 57.3 Å². The molecule has 0 saturated carbocycles. The van der Waals surface area contributed by atoms with Crippen LogP contribution in [0.1, 0.15) is 23.5 Å². The average Bonchev–Trinajstić information content (AvgIpc) is 2.84. The minimum absolute atomic E-state index is 0.0477. The third kappa shape index (κ3) is 6.03. The minimum Gasteiger partial charge on any atom is -0.497 e. The van der Waals surface area contributed by atoms with E-state index in [0.717, 1.165) is 5.56 Å². The molecule has 8 nitrogen and oxygen atoms in total. The van der Waals surface area contributed by atoms with Crippen molar-refractivity contribution in [1.29, 1.82) is 0 Å². The highest BCUT2D eigenvalue weighted by Gasteiger charge is 2.35. The van der Waals surface area contributed by atoms with Gasteiger partial charge in [-0.15, -0.1) is 0 Å². The van der Waals surface area contributed by atoms with Gasteiger partial charge in [0.25, 0.3) is 0 Å². The number of carbonyl (C=O) groups excluding carboxylic acids is 2. The fourth-order valence-electron chi connectivity index (χ4n) is 4.45. The van der Waals surface area contributed by atoms with E-state index in [9.17, 15) is 9.59 Å². The number of aryl methyl sites for hydroxylation is 1. The SMILES string of the molecule is COc1cccc(NC(=O)N2CC(C(=O)NN3CCOCC3)CC(c3cccc(C)c3)C2)c1. The van der Waals surface area contributed by atoms with Gasteiger partial charge in [0.05, 0.1) is 26.2 Å². The van der Waals surface area contributed by atoms with Gasteiger partial charge in [0.2, 0.25) is 5.91 Å². The smallest absolute Gasteiger partial charge is 0.321 e. The Kier molecular flexibility index (Phi) is 7.47. The fraction of sp³-hybridized carbons (Fsp3) is 0.440. The zero-order chi connectivity index (χ0) is 23.2. The highest BCUT2D eigenvalue weighted by molar-refractivity contribution is 5.90. The summed E-state index contributed by atoms with van der Waals surface area (Å²) in [5.41, 5.74) is 6.01. The third-order valence-electron chi connectivity index (χ3n) is 6.22. The zero-order valence-electron chi connectivity index (χ0n) is 19.3. The van der Waals surface area contributed by atoms with Crippen LogP contribution in [0.25, 0.3) is 0 Å². The molecule has 4 rings (SSSR count). The summed E-state index contributed by atoms with van der Waals surface area (Å²) in [5.74, 6) is 0.401. The largest absolute Gasteiger partial charge is 0.497 e. The molecule has 2 aliphatic rings. The van der Waals surface area contributed by atoms with Crippen LogP contribution < -0.4 is 15.5 Å². The number of rotatable bonds is 5. The lowest BCUT2D eigenvalue weighted by Gasteiger charge is -2.38. The summed E-state index contributed by atoms with van der Waals surface area (Å²) in [6.07, 6.45) is 0.697. The molecule has 0 aromatic heterocycles.